The van der Waals surface area contributed by atoms with Gasteiger partial charge >= 0.3 is 11.6 Å². The minimum absolute atomic E-state index is 0.0549. The van der Waals surface area contributed by atoms with Crippen molar-refractivity contribution in [3.8, 4) is 0 Å². The van der Waals surface area contributed by atoms with Crippen LogP contribution < -0.4 is 5.63 Å². The van der Waals surface area contributed by atoms with Crippen LogP contribution in [0, 0.1) is 11.8 Å². The largest absolute Gasteiger partial charge is 0.458 e. The van der Waals surface area contributed by atoms with Gasteiger partial charge in [-0.25, -0.2) is 9.59 Å². The zero-order chi connectivity index (χ0) is 15.3. The highest BCUT2D eigenvalue weighted by molar-refractivity contribution is 6.31. The van der Waals surface area contributed by atoms with E-state index in [0.717, 1.165) is 19.3 Å². The first kappa shape index (κ1) is 13.8. The summed E-state index contributed by atoms with van der Waals surface area (Å²) in [5.74, 6) is 0.540. The Bertz CT molecular complexity index is 810. The number of fused-ring (bicyclic) bond motifs is 3. The van der Waals surface area contributed by atoms with Crippen LogP contribution >= 0.6 is 11.6 Å². The smallest absolute Gasteiger partial charge is 0.351 e. The molecule has 1 aromatic carbocycles. The van der Waals surface area contributed by atoms with E-state index < -0.39 is 11.6 Å². The fraction of sp³-hybridized carbons (Fsp3) is 0.412. The number of carbonyl (C=O) groups is 1. The molecule has 2 aromatic rings. The number of carbonyl (C=O) groups excluding carboxylic acids is 1. The first-order valence-electron chi connectivity index (χ1n) is 7.54. The summed E-state index contributed by atoms with van der Waals surface area (Å²) in [6.07, 6.45) is 4.35. The molecule has 22 heavy (non-hydrogen) atoms. The average Bonchev–Trinajstić information content (AvgIpc) is 3.09. The highest BCUT2D eigenvalue weighted by atomic mass is 35.5. The predicted molar refractivity (Wildman–Crippen MR) is 82.1 cm³/mol. The molecule has 0 amide bonds. The Balaban J connectivity index is 1.63. The average molecular weight is 319 g/mol. The summed E-state index contributed by atoms with van der Waals surface area (Å²) >= 11 is 5.93. The molecular weight excluding hydrogens is 304 g/mol. The van der Waals surface area contributed by atoms with E-state index in [9.17, 15) is 9.59 Å². The molecule has 0 unspecified atom stereocenters. The summed E-state index contributed by atoms with van der Waals surface area (Å²) < 4.78 is 10.7. The Kier molecular flexibility index (Phi) is 3.22. The third kappa shape index (κ3) is 2.31. The quantitative estimate of drug-likeness (QED) is 0.624. The number of benzene rings is 1. The SMILES string of the molecule is O=C(O[C@@H]1C[C@@H]2CC[C@@H]1C2)c1cc2cc(Cl)ccc2oc1=O. The monoisotopic (exact) mass is 318 g/mol. The van der Waals surface area contributed by atoms with Crippen molar-refractivity contribution in [3.05, 3.63) is 45.3 Å². The van der Waals surface area contributed by atoms with Gasteiger partial charge in [-0.05, 0) is 61.8 Å². The van der Waals surface area contributed by atoms with E-state index in [1.165, 1.54) is 12.5 Å². The summed E-state index contributed by atoms with van der Waals surface area (Å²) in [6, 6.07) is 6.42. The summed E-state index contributed by atoms with van der Waals surface area (Å²) in [7, 11) is 0. The zero-order valence-corrected chi connectivity index (χ0v) is 12.6. The van der Waals surface area contributed by atoms with Gasteiger partial charge in [0.2, 0.25) is 0 Å². The normalized spacial score (nSPS) is 26.5. The summed E-state index contributed by atoms with van der Waals surface area (Å²) in [5, 5.41) is 1.14. The standard InChI is InChI=1S/C17H15ClO4/c18-12-3-4-14-11(7-12)8-13(16(19)21-14)17(20)22-15-6-9-1-2-10(15)5-9/h3-4,7-10,15H,1-2,5-6H2/t9-,10-,15-/m1/s1. The van der Waals surface area contributed by atoms with E-state index >= 15 is 0 Å². The van der Waals surface area contributed by atoms with E-state index in [1.807, 2.05) is 0 Å². The van der Waals surface area contributed by atoms with Crippen LogP contribution in [0.25, 0.3) is 11.0 Å². The van der Waals surface area contributed by atoms with Crippen molar-refractivity contribution >= 4 is 28.5 Å². The van der Waals surface area contributed by atoms with Crippen LogP contribution in [0.15, 0.2) is 33.5 Å². The Morgan fingerprint density at radius 2 is 2.09 bits per heavy atom. The lowest BCUT2D eigenvalue weighted by molar-refractivity contribution is 0.0154. The molecule has 0 spiro atoms. The lowest BCUT2D eigenvalue weighted by Crippen LogP contribution is -2.26. The number of esters is 1. The van der Waals surface area contributed by atoms with Crippen molar-refractivity contribution in [2.75, 3.05) is 0 Å². The maximum absolute atomic E-state index is 12.3. The lowest BCUT2D eigenvalue weighted by Gasteiger charge is -2.21. The second-order valence-electron chi connectivity index (χ2n) is 6.25. The molecule has 2 aliphatic carbocycles. The van der Waals surface area contributed by atoms with Gasteiger partial charge < -0.3 is 9.15 Å². The fourth-order valence-corrected chi connectivity index (χ4v) is 3.95. The summed E-state index contributed by atoms with van der Waals surface area (Å²) in [6.45, 7) is 0. The van der Waals surface area contributed by atoms with Gasteiger partial charge in [-0.1, -0.05) is 11.6 Å². The number of rotatable bonds is 2. The van der Waals surface area contributed by atoms with Gasteiger partial charge in [0.1, 0.15) is 17.3 Å². The number of halogens is 1. The van der Waals surface area contributed by atoms with E-state index in [-0.39, 0.29) is 11.7 Å². The fourth-order valence-electron chi connectivity index (χ4n) is 3.77. The van der Waals surface area contributed by atoms with Gasteiger partial charge in [-0.15, -0.1) is 0 Å². The molecule has 2 bridgehead atoms. The number of hydrogen-bond acceptors (Lipinski definition) is 4. The van der Waals surface area contributed by atoms with Crippen molar-refractivity contribution in [2.45, 2.75) is 31.8 Å². The third-order valence-corrected chi connectivity index (χ3v) is 5.08. The van der Waals surface area contributed by atoms with Crippen molar-refractivity contribution < 1.29 is 13.9 Å². The van der Waals surface area contributed by atoms with Crippen LogP contribution in [-0.4, -0.2) is 12.1 Å². The van der Waals surface area contributed by atoms with Gasteiger partial charge in [0, 0.05) is 10.4 Å². The first-order valence-corrected chi connectivity index (χ1v) is 7.92. The van der Waals surface area contributed by atoms with Crippen molar-refractivity contribution in [3.63, 3.8) is 0 Å². The lowest BCUT2D eigenvalue weighted by atomic mass is 9.98. The van der Waals surface area contributed by atoms with Crippen LogP contribution in [0.1, 0.15) is 36.0 Å². The predicted octanol–water partition coefficient (Wildman–Crippen LogP) is 3.79. The Hall–Kier alpha value is -1.81. The van der Waals surface area contributed by atoms with Gasteiger partial charge in [-0.2, -0.15) is 0 Å². The third-order valence-electron chi connectivity index (χ3n) is 4.85. The molecule has 5 heteroatoms. The van der Waals surface area contributed by atoms with Crippen molar-refractivity contribution in [2.24, 2.45) is 11.8 Å². The van der Waals surface area contributed by atoms with Gasteiger partial charge in [-0.3, -0.25) is 0 Å². The Morgan fingerprint density at radius 3 is 2.82 bits per heavy atom. The van der Waals surface area contributed by atoms with E-state index in [2.05, 4.69) is 0 Å². The minimum Gasteiger partial charge on any atom is -0.458 e. The minimum atomic E-state index is -0.664. The van der Waals surface area contributed by atoms with E-state index in [4.69, 9.17) is 20.8 Å². The first-order chi connectivity index (χ1) is 10.6. The molecule has 1 heterocycles. The molecule has 3 atom stereocenters. The number of ether oxygens (including phenoxy) is 1. The summed E-state index contributed by atoms with van der Waals surface area (Å²) in [4.78, 5) is 24.3. The molecule has 0 radical (unpaired) electrons. The molecule has 4 nitrogen and oxygen atoms in total. The molecule has 2 saturated carbocycles. The Morgan fingerprint density at radius 1 is 1.23 bits per heavy atom. The highest BCUT2D eigenvalue weighted by Crippen LogP contribution is 2.46. The molecule has 114 valence electrons. The molecule has 4 rings (SSSR count). The van der Waals surface area contributed by atoms with Gasteiger partial charge in [0.05, 0.1) is 0 Å². The molecular formula is C17H15ClO4. The van der Waals surface area contributed by atoms with Crippen LogP contribution in [0.4, 0.5) is 0 Å². The van der Waals surface area contributed by atoms with Gasteiger partial charge in [0.25, 0.3) is 0 Å². The highest BCUT2D eigenvalue weighted by Gasteiger charge is 2.42. The van der Waals surface area contributed by atoms with Gasteiger partial charge in [0.15, 0.2) is 0 Å². The molecule has 2 aliphatic rings. The molecule has 0 aliphatic heterocycles. The van der Waals surface area contributed by atoms with Crippen LogP contribution in [0.3, 0.4) is 0 Å². The van der Waals surface area contributed by atoms with Crippen LogP contribution in [0.5, 0.6) is 0 Å². The molecule has 0 N–H and O–H groups in total. The second-order valence-corrected chi connectivity index (χ2v) is 6.68. The van der Waals surface area contributed by atoms with Crippen LogP contribution in [-0.2, 0) is 4.74 Å². The summed E-state index contributed by atoms with van der Waals surface area (Å²) in [5.41, 5.74) is -0.314. The maximum Gasteiger partial charge on any atom is 0.351 e. The van der Waals surface area contributed by atoms with Crippen LogP contribution in [0.2, 0.25) is 5.02 Å². The molecule has 2 fully saturated rings. The van der Waals surface area contributed by atoms with Crippen molar-refractivity contribution in [1.29, 1.82) is 0 Å². The van der Waals surface area contributed by atoms with E-state index in [1.54, 1.807) is 18.2 Å². The topological polar surface area (TPSA) is 56.5 Å². The zero-order valence-electron chi connectivity index (χ0n) is 11.9. The van der Waals surface area contributed by atoms with E-state index in [0.29, 0.717) is 27.8 Å². The second kappa shape index (κ2) is 5.13. The molecule has 0 saturated heterocycles. The van der Waals surface area contributed by atoms with Crippen molar-refractivity contribution in [1.82, 2.24) is 0 Å². The Labute approximate surface area is 132 Å². The number of hydrogen-bond donors (Lipinski definition) is 0. The maximum atomic E-state index is 12.3. The molecule has 1 aromatic heterocycles.